The Bertz CT molecular complexity index is 257. The van der Waals surface area contributed by atoms with E-state index in [4.69, 9.17) is 11.6 Å². The monoisotopic (exact) mass is 188 g/mol. The molecule has 0 aromatic carbocycles. The molecule has 1 aromatic heterocycles. The molecule has 0 N–H and O–H groups in total. The van der Waals surface area contributed by atoms with Gasteiger partial charge in [0.25, 0.3) is 0 Å². The quantitative estimate of drug-likeness (QED) is 0.713. The maximum Gasteiger partial charge on any atom is 0.207 e. The van der Waals surface area contributed by atoms with Crippen molar-refractivity contribution in [2.45, 2.75) is 25.7 Å². The molecule has 0 radical (unpaired) electrons. The Morgan fingerprint density at radius 3 is 2.73 bits per heavy atom. The lowest BCUT2D eigenvalue weighted by Crippen LogP contribution is -1.93. The topological polar surface area (TPSA) is 25.8 Å². The van der Waals surface area contributed by atoms with E-state index in [2.05, 4.69) is 17.1 Å². The Kier molecular flexibility index (Phi) is 1.85. The molecule has 1 atom stereocenters. The summed E-state index contributed by atoms with van der Waals surface area (Å²) in [6, 6.07) is 0. The van der Waals surface area contributed by atoms with E-state index < -0.39 is 0 Å². The van der Waals surface area contributed by atoms with Crippen LogP contribution in [0.4, 0.5) is 0 Å². The summed E-state index contributed by atoms with van der Waals surface area (Å²) >= 11 is 7.18. The first kappa shape index (κ1) is 7.50. The van der Waals surface area contributed by atoms with Crippen LogP contribution in [0.2, 0.25) is 4.47 Å². The Labute approximate surface area is 74.6 Å². The highest BCUT2D eigenvalue weighted by Gasteiger charge is 2.30. The Morgan fingerprint density at radius 1 is 1.55 bits per heavy atom. The van der Waals surface area contributed by atoms with Crippen LogP contribution in [0.3, 0.4) is 0 Å². The molecular formula is C7H9ClN2S. The predicted molar refractivity (Wildman–Crippen MR) is 46.1 cm³/mol. The molecule has 1 unspecified atom stereocenters. The number of rotatable bonds is 2. The Hall–Kier alpha value is -0.150. The number of halogens is 1. The molecule has 0 spiro atoms. The number of hydrogen-bond donors (Lipinski definition) is 0. The highest BCUT2D eigenvalue weighted by Crippen LogP contribution is 2.43. The minimum absolute atomic E-state index is 0.563. The van der Waals surface area contributed by atoms with Crippen molar-refractivity contribution in [1.82, 2.24) is 10.2 Å². The lowest BCUT2D eigenvalue weighted by atomic mass is 10.1. The van der Waals surface area contributed by atoms with Gasteiger partial charge in [-0.25, -0.2) is 0 Å². The van der Waals surface area contributed by atoms with Crippen LogP contribution in [0.25, 0.3) is 0 Å². The van der Waals surface area contributed by atoms with E-state index in [1.807, 2.05) is 0 Å². The van der Waals surface area contributed by atoms with Crippen molar-refractivity contribution >= 4 is 22.9 Å². The molecule has 4 heteroatoms. The number of nitrogens with zero attached hydrogens (tertiary/aromatic N) is 2. The van der Waals surface area contributed by atoms with Crippen molar-refractivity contribution in [2.75, 3.05) is 0 Å². The molecule has 1 saturated carbocycles. The molecule has 1 aromatic rings. The first-order valence-electron chi connectivity index (χ1n) is 3.76. The molecule has 1 aliphatic carbocycles. The third-order valence-electron chi connectivity index (χ3n) is 2.13. The van der Waals surface area contributed by atoms with Crippen molar-refractivity contribution in [3.8, 4) is 0 Å². The van der Waals surface area contributed by atoms with Gasteiger partial charge in [-0.1, -0.05) is 18.3 Å². The van der Waals surface area contributed by atoms with E-state index in [9.17, 15) is 0 Å². The molecule has 11 heavy (non-hydrogen) atoms. The first-order chi connectivity index (χ1) is 5.27. The van der Waals surface area contributed by atoms with Gasteiger partial charge in [0.1, 0.15) is 5.01 Å². The predicted octanol–water partition coefficient (Wildman–Crippen LogP) is 2.71. The summed E-state index contributed by atoms with van der Waals surface area (Å²) in [5, 5.41) is 8.89. The fraction of sp³-hybridized carbons (Fsp3) is 0.714. The lowest BCUT2D eigenvalue weighted by Gasteiger charge is -2.01. The summed E-state index contributed by atoms with van der Waals surface area (Å²) in [7, 11) is 0. The largest absolute Gasteiger partial charge is 0.207 e. The van der Waals surface area contributed by atoms with Crippen LogP contribution in [0.1, 0.15) is 30.7 Å². The van der Waals surface area contributed by atoms with Gasteiger partial charge in [0, 0.05) is 5.92 Å². The molecule has 0 amide bonds. The van der Waals surface area contributed by atoms with Gasteiger partial charge in [0.05, 0.1) is 0 Å². The first-order valence-corrected chi connectivity index (χ1v) is 4.95. The minimum Gasteiger partial charge on any atom is -0.142 e. The molecule has 60 valence electrons. The Balaban J connectivity index is 2.14. The van der Waals surface area contributed by atoms with Gasteiger partial charge in [-0.2, -0.15) is 0 Å². The van der Waals surface area contributed by atoms with Gasteiger partial charge in [0.2, 0.25) is 4.47 Å². The van der Waals surface area contributed by atoms with Crippen molar-refractivity contribution < 1.29 is 0 Å². The van der Waals surface area contributed by atoms with Gasteiger partial charge in [-0.05, 0) is 30.4 Å². The highest BCUT2D eigenvalue weighted by atomic mass is 35.5. The molecule has 1 heterocycles. The van der Waals surface area contributed by atoms with Gasteiger partial charge in [0.15, 0.2) is 0 Å². The summed E-state index contributed by atoms with van der Waals surface area (Å²) in [4.78, 5) is 0. The van der Waals surface area contributed by atoms with Gasteiger partial charge < -0.3 is 0 Å². The molecule has 0 saturated heterocycles. The second-order valence-corrected chi connectivity index (χ2v) is 4.61. The van der Waals surface area contributed by atoms with Gasteiger partial charge in [-0.3, -0.25) is 0 Å². The second-order valence-electron chi connectivity index (χ2n) is 3.02. The van der Waals surface area contributed by atoms with Crippen LogP contribution in [-0.4, -0.2) is 10.2 Å². The fourth-order valence-corrected chi connectivity index (χ4v) is 2.19. The minimum atomic E-state index is 0.563. The van der Waals surface area contributed by atoms with Gasteiger partial charge >= 0.3 is 0 Å². The zero-order valence-corrected chi connectivity index (χ0v) is 7.82. The van der Waals surface area contributed by atoms with Crippen LogP contribution in [0.15, 0.2) is 0 Å². The van der Waals surface area contributed by atoms with Crippen LogP contribution in [0, 0.1) is 5.92 Å². The standard InChI is InChI=1S/C7H9ClN2S/c1-4(5-2-3-5)6-9-10-7(8)11-6/h4-5H,2-3H2,1H3. The van der Waals surface area contributed by atoms with Crippen LogP contribution in [0.5, 0.6) is 0 Å². The van der Waals surface area contributed by atoms with E-state index in [1.54, 1.807) is 0 Å². The molecule has 2 rings (SSSR count). The maximum atomic E-state index is 5.67. The number of hydrogen-bond acceptors (Lipinski definition) is 3. The van der Waals surface area contributed by atoms with Crippen molar-refractivity contribution in [3.63, 3.8) is 0 Å². The zero-order chi connectivity index (χ0) is 7.84. The summed E-state index contributed by atoms with van der Waals surface area (Å²) in [5.41, 5.74) is 0. The van der Waals surface area contributed by atoms with E-state index in [0.717, 1.165) is 10.9 Å². The van der Waals surface area contributed by atoms with Gasteiger partial charge in [-0.15, -0.1) is 10.2 Å². The van der Waals surface area contributed by atoms with E-state index in [-0.39, 0.29) is 0 Å². The van der Waals surface area contributed by atoms with E-state index in [0.29, 0.717) is 10.4 Å². The summed E-state index contributed by atoms with van der Waals surface area (Å²) in [5.74, 6) is 1.42. The average molecular weight is 189 g/mol. The van der Waals surface area contributed by atoms with Crippen molar-refractivity contribution in [1.29, 1.82) is 0 Å². The van der Waals surface area contributed by atoms with Crippen LogP contribution in [-0.2, 0) is 0 Å². The second kappa shape index (κ2) is 2.72. The van der Waals surface area contributed by atoms with E-state index >= 15 is 0 Å². The van der Waals surface area contributed by atoms with Crippen LogP contribution >= 0.6 is 22.9 Å². The highest BCUT2D eigenvalue weighted by molar-refractivity contribution is 7.15. The summed E-state index contributed by atoms with van der Waals surface area (Å²) in [6.07, 6.45) is 2.69. The molecule has 0 bridgehead atoms. The van der Waals surface area contributed by atoms with E-state index in [1.165, 1.54) is 24.2 Å². The molecule has 0 aliphatic heterocycles. The summed E-state index contributed by atoms with van der Waals surface area (Å²) < 4.78 is 0.563. The van der Waals surface area contributed by atoms with Crippen molar-refractivity contribution in [3.05, 3.63) is 9.47 Å². The molecule has 1 aliphatic rings. The fourth-order valence-electron chi connectivity index (χ4n) is 1.20. The third-order valence-corrected chi connectivity index (χ3v) is 3.35. The van der Waals surface area contributed by atoms with Crippen molar-refractivity contribution in [2.24, 2.45) is 5.92 Å². The zero-order valence-electron chi connectivity index (χ0n) is 6.25. The maximum absolute atomic E-state index is 5.67. The third kappa shape index (κ3) is 1.54. The number of aromatic nitrogens is 2. The average Bonchev–Trinajstić information content (AvgIpc) is 2.74. The summed E-state index contributed by atoms with van der Waals surface area (Å²) in [6.45, 7) is 2.20. The molecular weight excluding hydrogens is 180 g/mol. The molecule has 2 nitrogen and oxygen atoms in total. The molecule has 1 fully saturated rings. The van der Waals surface area contributed by atoms with Crippen LogP contribution < -0.4 is 0 Å². The Morgan fingerprint density at radius 2 is 2.27 bits per heavy atom. The SMILES string of the molecule is CC(c1nnc(Cl)s1)C1CC1. The smallest absolute Gasteiger partial charge is 0.142 e. The normalized spacial score (nSPS) is 20.2. The lowest BCUT2D eigenvalue weighted by molar-refractivity contribution is 0.651.